The Balaban J connectivity index is 2.43. The Bertz CT molecular complexity index is 555. The van der Waals surface area contributed by atoms with Crippen LogP contribution in [0.25, 0.3) is 0 Å². The first-order valence-electron chi connectivity index (χ1n) is 4.84. The van der Waals surface area contributed by atoms with Gasteiger partial charge >= 0.3 is 0 Å². The maximum absolute atomic E-state index is 13.4. The number of nitrogen functional groups attached to an aromatic ring is 1. The Morgan fingerprint density at radius 2 is 1.59 bits per heavy atom. The molecule has 17 heavy (non-hydrogen) atoms. The van der Waals surface area contributed by atoms with Crippen LogP contribution in [0.2, 0.25) is 0 Å². The zero-order valence-corrected chi connectivity index (χ0v) is 8.68. The molecule has 0 unspecified atom stereocenters. The van der Waals surface area contributed by atoms with Crippen molar-refractivity contribution in [1.82, 2.24) is 0 Å². The third kappa shape index (κ3) is 2.18. The molecule has 2 rings (SSSR count). The summed E-state index contributed by atoms with van der Waals surface area (Å²) in [6, 6.07) is 7.79. The molecule has 2 aromatic rings. The Labute approximate surface area is 95.9 Å². The Morgan fingerprint density at radius 3 is 2.29 bits per heavy atom. The van der Waals surface area contributed by atoms with Crippen LogP contribution in [0, 0.1) is 17.5 Å². The predicted molar refractivity (Wildman–Crippen MR) is 60.5 cm³/mol. The van der Waals surface area contributed by atoms with E-state index in [1.54, 1.807) is 6.07 Å². The summed E-state index contributed by atoms with van der Waals surface area (Å²) in [6.45, 7) is 0. The van der Waals surface area contributed by atoms with Crippen molar-refractivity contribution in [3.63, 3.8) is 0 Å². The quantitative estimate of drug-likeness (QED) is 0.786. The second-order valence-corrected chi connectivity index (χ2v) is 3.43. The SMILES string of the molecule is Nc1ccc(F)c(F)c1Nc1ccccc1F. The average molecular weight is 238 g/mol. The molecule has 0 aliphatic carbocycles. The van der Waals surface area contributed by atoms with E-state index in [0.717, 1.165) is 6.07 Å². The van der Waals surface area contributed by atoms with Crippen molar-refractivity contribution in [2.24, 2.45) is 0 Å². The van der Waals surface area contributed by atoms with Crippen molar-refractivity contribution in [2.75, 3.05) is 11.1 Å². The molecule has 3 N–H and O–H groups in total. The van der Waals surface area contributed by atoms with Gasteiger partial charge in [0.15, 0.2) is 11.6 Å². The lowest BCUT2D eigenvalue weighted by atomic mass is 10.2. The summed E-state index contributed by atoms with van der Waals surface area (Å²) in [6.07, 6.45) is 0. The van der Waals surface area contributed by atoms with Gasteiger partial charge in [0.2, 0.25) is 0 Å². The molecular weight excluding hydrogens is 229 g/mol. The van der Waals surface area contributed by atoms with Crippen molar-refractivity contribution in [2.45, 2.75) is 0 Å². The van der Waals surface area contributed by atoms with Crippen LogP contribution in [0.15, 0.2) is 36.4 Å². The lowest BCUT2D eigenvalue weighted by Gasteiger charge is -2.11. The van der Waals surface area contributed by atoms with Gasteiger partial charge in [0, 0.05) is 0 Å². The summed E-state index contributed by atoms with van der Waals surface area (Å²) < 4.78 is 39.8. The Kier molecular flexibility index (Phi) is 2.91. The van der Waals surface area contributed by atoms with Gasteiger partial charge in [-0.05, 0) is 24.3 Å². The minimum Gasteiger partial charge on any atom is -0.397 e. The first-order valence-corrected chi connectivity index (χ1v) is 4.84. The van der Waals surface area contributed by atoms with Crippen LogP contribution >= 0.6 is 0 Å². The Hall–Kier alpha value is -2.17. The lowest BCUT2D eigenvalue weighted by molar-refractivity contribution is 0.512. The summed E-state index contributed by atoms with van der Waals surface area (Å²) in [5.41, 5.74) is 5.27. The lowest BCUT2D eigenvalue weighted by Crippen LogP contribution is -2.02. The van der Waals surface area contributed by atoms with Crippen LogP contribution < -0.4 is 11.1 Å². The zero-order chi connectivity index (χ0) is 12.4. The van der Waals surface area contributed by atoms with Crippen molar-refractivity contribution >= 4 is 17.1 Å². The predicted octanol–water partition coefficient (Wildman–Crippen LogP) is 3.43. The average Bonchev–Trinajstić information content (AvgIpc) is 2.32. The van der Waals surface area contributed by atoms with E-state index in [1.165, 1.54) is 24.3 Å². The molecule has 5 heteroatoms. The number of hydrogen-bond acceptors (Lipinski definition) is 2. The van der Waals surface area contributed by atoms with E-state index in [-0.39, 0.29) is 17.1 Å². The summed E-state index contributed by atoms with van der Waals surface area (Å²) in [5.74, 6) is -2.75. The van der Waals surface area contributed by atoms with Crippen molar-refractivity contribution in [3.8, 4) is 0 Å². The fraction of sp³-hybridized carbons (Fsp3) is 0. The molecule has 0 aromatic heterocycles. The molecule has 0 aliphatic heterocycles. The van der Waals surface area contributed by atoms with Crippen LogP contribution in [-0.2, 0) is 0 Å². The van der Waals surface area contributed by atoms with Crippen LogP contribution in [0.1, 0.15) is 0 Å². The van der Waals surface area contributed by atoms with E-state index in [1.807, 2.05) is 0 Å². The van der Waals surface area contributed by atoms with Gasteiger partial charge in [-0.3, -0.25) is 0 Å². The monoisotopic (exact) mass is 238 g/mol. The molecule has 0 aliphatic rings. The second-order valence-electron chi connectivity index (χ2n) is 3.43. The third-order valence-electron chi connectivity index (χ3n) is 2.26. The minimum absolute atomic E-state index is 0.00662. The number of rotatable bonds is 2. The van der Waals surface area contributed by atoms with E-state index in [2.05, 4.69) is 5.32 Å². The van der Waals surface area contributed by atoms with Gasteiger partial charge in [0.05, 0.1) is 11.4 Å². The van der Waals surface area contributed by atoms with E-state index < -0.39 is 17.5 Å². The molecule has 2 nitrogen and oxygen atoms in total. The molecule has 0 saturated heterocycles. The molecule has 0 heterocycles. The van der Waals surface area contributed by atoms with E-state index in [0.29, 0.717) is 0 Å². The van der Waals surface area contributed by atoms with Crippen molar-refractivity contribution in [1.29, 1.82) is 0 Å². The molecule has 0 spiro atoms. The fourth-order valence-corrected chi connectivity index (χ4v) is 1.39. The summed E-state index contributed by atoms with van der Waals surface area (Å²) in [4.78, 5) is 0. The van der Waals surface area contributed by atoms with Gasteiger partial charge in [0.1, 0.15) is 11.5 Å². The van der Waals surface area contributed by atoms with E-state index in [4.69, 9.17) is 5.73 Å². The number of halogens is 3. The maximum atomic E-state index is 13.4. The van der Waals surface area contributed by atoms with Gasteiger partial charge in [-0.25, -0.2) is 13.2 Å². The molecule has 0 amide bonds. The van der Waals surface area contributed by atoms with Crippen molar-refractivity contribution < 1.29 is 13.2 Å². The maximum Gasteiger partial charge on any atom is 0.184 e. The smallest absolute Gasteiger partial charge is 0.184 e. The highest BCUT2D eigenvalue weighted by Gasteiger charge is 2.13. The van der Waals surface area contributed by atoms with Gasteiger partial charge in [-0.15, -0.1) is 0 Å². The minimum atomic E-state index is -1.13. The molecule has 0 atom stereocenters. The van der Waals surface area contributed by atoms with Gasteiger partial charge in [-0.2, -0.15) is 0 Å². The van der Waals surface area contributed by atoms with Gasteiger partial charge < -0.3 is 11.1 Å². The summed E-state index contributed by atoms with van der Waals surface area (Å²) in [5, 5.41) is 2.43. The molecule has 0 radical (unpaired) electrons. The molecule has 0 bridgehead atoms. The normalized spacial score (nSPS) is 10.3. The van der Waals surface area contributed by atoms with Crippen molar-refractivity contribution in [3.05, 3.63) is 53.8 Å². The summed E-state index contributed by atoms with van der Waals surface area (Å²) in [7, 11) is 0. The van der Waals surface area contributed by atoms with Gasteiger partial charge in [0.25, 0.3) is 0 Å². The number of nitrogens with two attached hydrogens (primary N) is 1. The molecule has 0 saturated carbocycles. The van der Waals surface area contributed by atoms with E-state index in [9.17, 15) is 13.2 Å². The molecule has 0 fully saturated rings. The third-order valence-corrected chi connectivity index (χ3v) is 2.26. The largest absolute Gasteiger partial charge is 0.397 e. The Morgan fingerprint density at radius 1 is 0.882 bits per heavy atom. The second kappa shape index (κ2) is 4.37. The first kappa shape index (κ1) is 11.3. The standard InChI is InChI=1S/C12H9F3N2/c13-7-3-1-2-4-10(7)17-12-9(16)6-5-8(14)11(12)15/h1-6,17H,16H2. The molecular formula is C12H9F3N2. The van der Waals surface area contributed by atoms with Crippen LogP contribution in [0.4, 0.5) is 30.2 Å². The number of nitrogens with one attached hydrogen (secondary N) is 1. The highest BCUT2D eigenvalue weighted by Crippen LogP contribution is 2.28. The van der Waals surface area contributed by atoms with Crippen LogP contribution in [0.3, 0.4) is 0 Å². The number of hydrogen-bond donors (Lipinski definition) is 2. The fourth-order valence-electron chi connectivity index (χ4n) is 1.39. The van der Waals surface area contributed by atoms with Crippen LogP contribution in [0.5, 0.6) is 0 Å². The summed E-state index contributed by atoms with van der Waals surface area (Å²) >= 11 is 0. The number of benzene rings is 2. The topological polar surface area (TPSA) is 38.0 Å². The highest BCUT2D eigenvalue weighted by atomic mass is 19.2. The van der Waals surface area contributed by atoms with Gasteiger partial charge in [-0.1, -0.05) is 12.1 Å². The number of para-hydroxylation sites is 1. The van der Waals surface area contributed by atoms with Crippen LogP contribution in [-0.4, -0.2) is 0 Å². The highest BCUT2D eigenvalue weighted by molar-refractivity contribution is 5.73. The molecule has 2 aromatic carbocycles. The zero-order valence-electron chi connectivity index (χ0n) is 8.68. The molecule has 88 valence electrons. The van der Waals surface area contributed by atoms with E-state index >= 15 is 0 Å². The first-order chi connectivity index (χ1) is 8.09. The number of anilines is 3.